The molecule has 0 unspecified atom stereocenters. The number of hydrogen-bond donors (Lipinski definition) is 1. The van der Waals surface area contributed by atoms with E-state index in [1.807, 2.05) is 12.1 Å². The Morgan fingerprint density at radius 2 is 1.78 bits per heavy atom. The van der Waals surface area contributed by atoms with Gasteiger partial charge in [0.25, 0.3) is 0 Å². The van der Waals surface area contributed by atoms with Crippen LogP contribution in [0.2, 0.25) is 18.1 Å². The summed E-state index contributed by atoms with van der Waals surface area (Å²) in [6, 6.07) is 7.91. The average Bonchev–Trinajstić information content (AvgIpc) is 3.15. The van der Waals surface area contributed by atoms with Crippen LogP contribution >= 0.6 is 0 Å². The first-order valence-corrected chi connectivity index (χ1v) is 15.0. The van der Waals surface area contributed by atoms with Gasteiger partial charge in [0.15, 0.2) is 19.8 Å². The van der Waals surface area contributed by atoms with Crippen molar-refractivity contribution in [3.63, 3.8) is 0 Å². The number of imidazole rings is 1. The minimum atomic E-state index is -4.45. The number of aromatic nitrogens is 3. The first kappa shape index (κ1) is 26.4. The summed E-state index contributed by atoms with van der Waals surface area (Å²) in [5, 5.41) is 8.02. The van der Waals surface area contributed by atoms with Crippen molar-refractivity contribution < 1.29 is 22.3 Å². The van der Waals surface area contributed by atoms with Gasteiger partial charge >= 0.3 is 6.18 Å². The summed E-state index contributed by atoms with van der Waals surface area (Å²) in [4.78, 5) is 6.87. The van der Waals surface area contributed by atoms with E-state index in [-0.39, 0.29) is 17.2 Å². The monoisotopic (exact) mass is 521 g/mol. The second-order valence-electron chi connectivity index (χ2n) is 10.6. The number of nitrogens with one attached hydrogen (secondary N) is 1. The van der Waals surface area contributed by atoms with Gasteiger partial charge in [-0.2, -0.15) is 17.7 Å². The van der Waals surface area contributed by atoms with Crippen LogP contribution in [0.1, 0.15) is 37.6 Å². The van der Waals surface area contributed by atoms with E-state index in [0.29, 0.717) is 49.1 Å². The van der Waals surface area contributed by atoms with E-state index in [9.17, 15) is 13.2 Å². The molecule has 1 N–H and O–H groups in total. The summed E-state index contributed by atoms with van der Waals surface area (Å²) in [6.45, 7) is 15.1. The zero-order valence-corrected chi connectivity index (χ0v) is 22.7. The lowest BCUT2D eigenvalue weighted by Crippen LogP contribution is -2.40. The largest absolute Gasteiger partial charge is 0.416 e. The molecule has 0 spiro atoms. The van der Waals surface area contributed by atoms with Crippen LogP contribution in [0.15, 0.2) is 30.3 Å². The highest BCUT2D eigenvalue weighted by molar-refractivity contribution is 6.74. The molecule has 36 heavy (non-hydrogen) atoms. The van der Waals surface area contributed by atoms with Gasteiger partial charge in [-0.15, -0.1) is 5.10 Å². The molecule has 0 bridgehead atoms. The predicted octanol–water partition coefficient (Wildman–Crippen LogP) is 6.16. The van der Waals surface area contributed by atoms with Crippen LogP contribution in [-0.4, -0.2) is 49.2 Å². The normalized spacial score (nSPS) is 15.5. The predicted molar refractivity (Wildman–Crippen MR) is 137 cm³/mol. The number of rotatable bonds is 6. The smallest absolute Gasteiger partial charge is 0.411 e. The molecule has 3 heterocycles. The van der Waals surface area contributed by atoms with E-state index >= 15 is 0 Å². The number of morpholine rings is 1. The van der Waals surface area contributed by atoms with E-state index in [1.165, 1.54) is 13.0 Å². The minimum Gasteiger partial charge on any atom is -0.411 e. The van der Waals surface area contributed by atoms with Crippen LogP contribution in [0.25, 0.3) is 5.65 Å². The van der Waals surface area contributed by atoms with E-state index in [0.717, 1.165) is 11.9 Å². The Kier molecular flexibility index (Phi) is 7.10. The van der Waals surface area contributed by atoms with Gasteiger partial charge in [-0.1, -0.05) is 26.8 Å². The Morgan fingerprint density at radius 1 is 1.08 bits per heavy atom. The van der Waals surface area contributed by atoms with Crippen molar-refractivity contribution in [2.75, 3.05) is 36.5 Å². The van der Waals surface area contributed by atoms with E-state index in [4.69, 9.17) is 19.2 Å². The van der Waals surface area contributed by atoms with Crippen LogP contribution in [0.3, 0.4) is 0 Å². The first-order chi connectivity index (χ1) is 16.8. The molecule has 2 aromatic heterocycles. The van der Waals surface area contributed by atoms with Crippen molar-refractivity contribution in [3.05, 3.63) is 47.2 Å². The van der Waals surface area contributed by atoms with Gasteiger partial charge in [0.1, 0.15) is 11.5 Å². The highest BCUT2D eigenvalue weighted by atomic mass is 28.4. The Labute approximate surface area is 210 Å². The summed E-state index contributed by atoms with van der Waals surface area (Å²) < 4.78 is 54.3. The number of ether oxygens (including phenoxy) is 1. The molecule has 11 heteroatoms. The Balaban J connectivity index is 1.77. The third kappa shape index (κ3) is 5.37. The molecule has 4 rings (SSSR count). The van der Waals surface area contributed by atoms with Gasteiger partial charge in [-0.05, 0) is 54.9 Å². The third-order valence-electron chi connectivity index (χ3n) is 7.14. The molecule has 0 amide bonds. The van der Waals surface area contributed by atoms with Gasteiger partial charge in [-0.3, -0.25) is 0 Å². The van der Waals surface area contributed by atoms with Crippen molar-refractivity contribution in [3.8, 4) is 0 Å². The zero-order valence-electron chi connectivity index (χ0n) is 21.7. The topological polar surface area (TPSA) is 63.9 Å². The fraction of sp³-hybridized carbons (Fsp3) is 0.520. The lowest BCUT2D eigenvalue weighted by molar-refractivity contribution is -0.138. The van der Waals surface area contributed by atoms with Crippen LogP contribution in [-0.2, 0) is 21.9 Å². The fourth-order valence-corrected chi connectivity index (χ4v) is 4.76. The molecule has 1 aliphatic heterocycles. The molecular formula is C25H34F3N5O2Si. The summed E-state index contributed by atoms with van der Waals surface area (Å²) in [5.74, 6) is 1.25. The Morgan fingerprint density at radius 3 is 2.42 bits per heavy atom. The lowest BCUT2D eigenvalue weighted by atomic mass is 10.1. The van der Waals surface area contributed by atoms with Gasteiger partial charge in [0, 0.05) is 18.8 Å². The second kappa shape index (κ2) is 9.68. The highest BCUT2D eigenvalue weighted by Crippen LogP contribution is 2.39. The van der Waals surface area contributed by atoms with Gasteiger partial charge in [-0.25, -0.2) is 4.98 Å². The standard InChI is InChI=1S/C25H34F3N5O2Si/c1-17-18(25(26,27)28)8-7-9-19(17)30-23-20(16-35-36(5,6)24(2,3)4)29-21-10-11-22(31-33(21)23)32-12-14-34-15-13-32/h7-11,30H,12-16H2,1-6H3. The van der Waals surface area contributed by atoms with E-state index in [2.05, 4.69) is 44.1 Å². The van der Waals surface area contributed by atoms with Gasteiger partial charge < -0.3 is 19.4 Å². The number of alkyl halides is 3. The molecule has 1 aromatic carbocycles. The van der Waals surface area contributed by atoms with E-state index in [1.54, 1.807) is 10.6 Å². The summed E-state index contributed by atoms with van der Waals surface area (Å²) in [5.41, 5.74) is 0.970. The van der Waals surface area contributed by atoms with Crippen molar-refractivity contribution in [2.45, 2.75) is 58.6 Å². The number of hydrogen-bond acceptors (Lipinski definition) is 6. The Bertz CT molecular complexity index is 1230. The number of benzene rings is 1. The molecule has 1 saturated heterocycles. The van der Waals surface area contributed by atoms with Crippen LogP contribution in [0.4, 0.5) is 30.5 Å². The average molecular weight is 522 g/mol. The highest BCUT2D eigenvalue weighted by Gasteiger charge is 2.38. The van der Waals surface area contributed by atoms with Crippen molar-refractivity contribution >= 4 is 31.3 Å². The van der Waals surface area contributed by atoms with Gasteiger partial charge in [0.05, 0.1) is 25.4 Å². The summed E-state index contributed by atoms with van der Waals surface area (Å²) in [7, 11) is -2.10. The van der Waals surface area contributed by atoms with Crippen LogP contribution < -0.4 is 10.2 Å². The number of halogens is 3. The molecule has 1 aliphatic rings. The van der Waals surface area contributed by atoms with Crippen LogP contribution in [0, 0.1) is 6.92 Å². The molecule has 196 valence electrons. The zero-order chi connectivity index (χ0) is 26.3. The molecular weight excluding hydrogens is 487 g/mol. The molecule has 0 atom stereocenters. The number of nitrogens with zero attached hydrogens (tertiary/aromatic N) is 4. The molecule has 3 aromatic rings. The SMILES string of the molecule is Cc1c(Nc2c(CO[Si](C)(C)C(C)(C)C)nc3ccc(N4CCOCC4)nn23)cccc1C(F)(F)F. The van der Waals surface area contributed by atoms with E-state index < -0.39 is 20.1 Å². The lowest BCUT2D eigenvalue weighted by Gasteiger charge is -2.36. The molecule has 0 radical (unpaired) electrons. The number of fused-ring (bicyclic) bond motifs is 1. The van der Waals surface area contributed by atoms with Gasteiger partial charge in [0.2, 0.25) is 0 Å². The van der Waals surface area contributed by atoms with Crippen molar-refractivity contribution in [1.82, 2.24) is 14.6 Å². The maximum atomic E-state index is 13.6. The molecule has 0 saturated carbocycles. The molecule has 0 aliphatic carbocycles. The summed E-state index contributed by atoms with van der Waals surface area (Å²) >= 11 is 0. The molecule has 7 nitrogen and oxygen atoms in total. The Hall–Kier alpha value is -2.63. The van der Waals surface area contributed by atoms with Crippen LogP contribution in [0.5, 0.6) is 0 Å². The summed E-state index contributed by atoms with van der Waals surface area (Å²) in [6.07, 6.45) is -4.45. The molecule has 1 fully saturated rings. The van der Waals surface area contributed by atoms with Crippen molar-refractivity contribution in [2.24, 2.45) is 0 Å². The maximum Gasteiger partial charge on any atom is 0.416 e. The first-order valence-electron chi connectivity index (χ1n) is 12.1. The second-order valence-corrected chi connectivity index (χ2v) is 15.4. The fourth-order valence-electron chi connectivity index (χ4n) is 3.83. The number of anilines is 3. The third-order valence-corrected chi connectivity index (χ3v) is 11.6. The quantitative estimate of drug-likeness (QED) is 0.392. The maximum absolute atomic E-state index is 13.6. The van der Waals surface area contributed by atoms with Crippen molar-refractivity contribution in [1.29, 1.82) is 0 Å². The minimum absolute atomic E-state index is 0.000862.